The number of nitriles is 1. The third-order valence-electron chi connectivity index (χ3n) is 2.23. The number of amides is 1. The van der Waals surface area contributed by atoms with E-state index in [0.717, 1.165) is 12.0 Å². The number of nitrogens with zero attached hydrogens (tertiary/aromatic N) is 1. The SMILES string of the molecule is CC[C@@H](NC(=O)CC#N)c1cccc(Cl)c1. The molecule has 0 saturated heterocycles. The Labute approximate surface area is 100 Å². The summed E-state index contributed by atoms with van der Waals surface area (Å²) in [5, 5.41) is 11.8. The largest absolute Gasteiger partial charge is 0.348 e. The average molecular weight is 237 g/mol. The number of hydrogen-bond acceptors (Lipinski definition) is 2. The van der Waals surface area contributed by atoms with Crippen molar-refractivity contribution in [3.8, 4) is 6.07 Å². The minimum Gasteiger partial charge on any atom is -0.348 e. The van der Waals surface area contributed by atoms with Crippen molar-refractivity contribution in [1.29, 1.82) is 5.26 Å². The summed E-state index contributed by atoms with van der Waals surface area (Å²) in [6.07, 6.45) is 0.647. The van der Waals surface area contributed by atoms with Crippen molar-refractivity contribution in [2.45, 2.75) is 25.8 Å². The molecule has 0 heterocycles. The van der Waals surface area contributed by atoms with Crippen molar-refractivity contribution in [1.82, 2.24) is 5.32 Å². The van der Waals surface area contributed by atoms with Crippen LogP contribution in [0.4, 0.5) is 0 Å². The molecule has 0 aliphatic rings. The average Bonchev–Trinajstić information content (AvgIpc) is 2.26. The predicted molar refractivity (Wildman–Crippen MR) is 62.9 cm³/mol. The zero-order valence-electron chi connectivity index (χ0n) is 9.03. The Hall–Kier alpha value is -1.53. The van der Waals surface area contributed by atoms with Crippen LogP contribution in [0.15, 0.2) is 24.3 Å². The summed E-state index contributed by atoms with van der Waals surface area (Å²) in [6, 6.07) is 9.10. The standard InChI is InChI=1S/C12H13ClN2O/c1-2-11(15-12(16)6-7-14)9-4-3-5-10(13)8-9/h3-5,8,11H,2,6H2,1H3,(H,15,16)/t11-/m1/s1. The molecule has 1 atom stereocenters. The predicted octanol–water partition coefficient (Wildman–Crippen LogP) is 2.82. The van der Waals surface area contributed by atoms with Crippen LogP contribution in [0.3, 0.4) is 0 Å². The zero-order chi connectivity index (χ0) is 12.0. The van der Waals surface area contributed by atoms with Crippen LogP contribution < -0.4 is 5.32 Å². The minimum atomic E-state index is -0.255. The van der Waals surface area contributed by atoms with Gasteiger partial charge in [-0.25, -0.2) is 0 Å². The molecule has 4 heteroatoms. The van der Waals surface area contributed by atoms with Crippen molar-refractivity contribution >= 4 is 17.5 Å². The van der Waals surface area contributed by atoms with Crippen LogP contribution in [0.1, 0.15) is 31.4 Å². The second-order valence-corrected chi connectivity index (χ2v) is 3.85. The van der Waals surface area contributed by atoms with Crippen molar-refractivity contribution in [2.75, 3.05) is 0 Å². The summed E-state index contributed by atoms with van der Waals surface area (Å²) in [5.41, 5.74) is 0.960. The molecule has 16 heavy (non-hydrogen) atoms. The van der Waals surface area contributed by atoms with Crippen LogP contribution in [-0.2, 0) is 4.79 Å². The van der Waals surface area contributed by atoms with Gasteiger partial charge in [0, 0.05) is 5.02 Å². The molecule has 0 spiro atoms. The third kappa shape index (κ3) is 3.56. The lowest BCUT2D eigenvalue weighted by atomic mass is 10.0. The van der Waals surface area contributed by atoms with Crippen LogP contribution in [0.2, 0.25) is 5.02 Å². The van der Waals surface area contributed by atoms with Crippen LogP contribution in [-0.4, -0.2) is 5.91 Å². The van der Waals surface area contributed by atoms with Crippen LogP contribution in [0, 0.1) is 11.3 Å². The number of benzene rings is 1. The molecule has 0 aliphatic carbocycles. The van der Waals surface area contributed by atoms with Gasteiger partial charge in [-0.15, -0.1) is 0 Å². The second-order valence-electron chi connectivity index (χ2n) is 3.42. The molecule has 1 aromatic rings. The van der Waals surface area contributed by atoms with Gasteiger partial charge in [0.2, 0.25) is 5.91 Å². The molecule has 0 aromatic heterocycles. The molecular formula is C12H13ClN2O. The highest BCUT2D eigenvalue weighted by Crippen LogP contribution is 2.20. The summed E-state index contributed by atoms with van der Waals surface area (Å²) in [7, 11) is 0. The van der Waals surface area contributed by atoms with Crippen molar-refractivity contribution in [2.24, 2.45) is 0 Å². The molecule has 0 fully saturated rings. The smallest absolute Gasteiger partial charge is 0.234 e. The maximum atomic E-state index is 11.3. The van der Waals surface area contributed by atoms with E-state index in [-0.39, 0.29) is 18.4 Å². The Kier molecular flexibility index (Phi) is 4.81. The quantitative estimate of drug-likeness (QED) is 0.874. The summed E-state index contributed by atoms with van der Waals surface area (Å²) >= 11 is 5.88. The zero-order valence-corrected chi connectivity index (χ0v) is 9.79. The van der Waals surface area contributed by atoms with Gasteiger partial charge in [-0.05, 0) is 24.1 Å². The number of carbonyl (C=O) groups excluding carboxylic acids is 1. The van der Waals surface area contributed by atoms with E-state index in [0.29, 0.717) is 5.02 Å². The first kappa shape index (κ1) is 12.5. The van der Waals surface area contributed by atoms with Gasteiger partial charge in [-0.2, -0.15) is 5.26 Å². The van der Waals surface area contributed by atoms with E-state index in [1.807, 2.05) is 31.2 Å². The highest BCUT2D eigenvalue weighted by molar-refractivity contribution is 6.30. The van der Waals surface area contributed by atoms with Crippen molar-refractivity contribution in [3.05, 3.63) is 34.9 Å². The normalized spacial score (nSPS) is 11.6. The number of nitrogens with one attached hydrogen (secondary N) is 1. The summed E-state index contributed by atoms with van der Waals surface area (Å²) in [6.45, 7) is 1.97. The maximum Gasteiger partial charge on any atom is 0.234 e. The Balaban J connectivity index is 2.75. The molecule has 84 valence electrons. The lowest BCUT2D eigenvalue weighted by Crippen LogP contribution is -2.27. The molecule has 0 aliphatic heterocycles. The first-order chi connectivity index (χ1) is 7.67. The fourth-order valence-corrected chi connectivity index (χ4v) is 1.66. The van der Waals surface area contributed by atoms with E-state index >= 15 is 0 Å². The van der Waals surface area contributed by atoms with Crippen LogP contribution >= 0.6 is 11.6 Å². The monoisotopic (exact) mass is 236 g/mol. The Morgan fingerprint density at radius 2 is 2.38 bits per heavy atom. The van der Waals surface area contributed by atoms with E-state index in [1.54, 1.807) is 6.07 Å². The molecule has 3 nitrogen and oxygen atoms in total. The van der Waals surface area contributed by atoms with Gasteiger partial charge in [0.05, 0.1) is 12.1 Å². The van der Waals surface area contributed by atoms with E-state index < -0.39 is 0 Å². The van der Waals surface area contributed by atoms with Gasteiger partial charge < -0.3 is 5.32 Å². The van der Waals surface area contributed by atoms with E-state index in [9.17, 15) is 4.79 Å². The van der Waals surface area contributed by atoms with Crippen LogP contribution in [0.5, 0.6) is 0 Å². The molecule has 1 amide bonds. The van der Waals surface area contributed by atoms with Gasteiger partial charge in [-0.1, -0.05) is 30.7 Å². The number of hydrogen-bond donors (Lipinski definition) is 1. The maximum absolute atomic E-state index is 11.3. The number of rotatable bonds is 4. The molecule has 1 aromatic carbocycles. The highest BCUT2D eigenvalue weighted by atomic mass is 35.5. The van der Waals surface area contributed by atoms with Gasteiger partial charge in [0.25, 0.3) is 0 Å². The molecule has 0 bridgehead atoms. The molecule has 1 N–H and O–H groups in total. The Morgan fingerprint density at radius 1 is 1.62 bits per heavy atom. The minimum absolute atomic E-state index is 0.0838. The molecular weight excluding hydrogens is 224 g/mol. The summed E-state index contributed by atoms with van der Waals surface area (Å²) in [4.78, 5) is 11.3. The topological polar surface area (TPSA) is 52.9 Å². The fourth-order valence-electron chi connectivity index (χ4n) is 1.46. The van der Waals surface area contributed by atoms with E-state index in [4.69, 9.17) is 16.9 Å². The van der Waals surface area contributed by atoms with E-state index in [1.165, 1.54) is 0 Å². The van der Waals surface area contributed by atoms with Gasteiger partial charge in [0.1, 0.15) is 6.42 Å². The molecule has 0 saturated carbocycles. The third-order valence-corrected chi connectivity index (χ3v) is 2.47. The molecule has 0 radical (unpaired) electrons. The van der Waals surface area contributed by atoms with E-state index in [2.05, 4.69) is 5.32 Å². The molecule has 1 rings (SSSR count). The van der Waals surface area contributed by atoms with Crippen LogP contribution in [0.25, 0.3) is 0 Å². The summed E-state index contributed by atoms with van der Waals surface area (Å²) in [5.74, 6) is -0.255. The first-order valence-corrected chi connectivity index (χ1v) is 5.47. The lowest BCUT2D eigenvalue weighted by Gasteiger charge is -2.16. The highest BCUT2D eigenvalue weighted by Gasteiger charge is 2.12. The Morgan fingerprint density at radius 3 is 2.94 bits per heavy atom. The molecule has 0 unspecified atom stereocenters. The lowest BCUT2D eigenvalue weighted by molar-refractivity contribution is -0.120. The second kappa shape index (κ2) is 6.14. The first-order valence-electron chi connectivity index (χ1n) is 5.09. The van der Waals surface area contributed by atoms with Gasteiger partial charge in [-0.3, -0.25) is 4.79 Å². The van der Waals surface area contributed by atoms with Gasteiger partial charge >= 0.3 is 0 Å². The number of carbonyl (C=O) groups is 1. The fraction of sp³-hybridized carbons (Fsp3) is 0.333. The number of halogens is 1. The Bertz CT molecular complexity index is 412. The van der Waals surface area contributed by atoms with Crippen molar-refractivity contribution in [3.63, 3.8) is 0 Å². The summed E-state index contributed by atoms with van der Waals surface area (Å²) < 4.78 is 0. The van der Waals surface area contributed by atoms with Gasteiger partial charge in [0.15, 0.2) is 0 Å². The van der Waals surface area contributed by atoms with Crippen molar-refractivity contribution < 1.29 is 4.79 Å².